The topological polar surface area (TPSA) is 59.0 Å². The molecule has 0 radical (unpaired) electrons. The van der Waals surface area contributed by atoms with E-state index in [-0.39, 0.29) is 12.0 Å². The van der Waals surface area contributed by atoms with Crippen molar-refractivity contribution >= 4 is 5.97 Å². The van der Waals surface area contributed by atoms with Crippen LogP contribution in [0.3, 0.4) is 0 Å². The summed E-state index contributed by atoms with van der Waals surface area (Å²) < 4.78 is 11.5. The Morgan fingerprint density at radius 3 is 2.79 bits per heavy atom. The summed E-state index contributed by atoms with van der Waals surface area (Å²) in [5.41, 5.74) is 3.47. The summed E-state index contributed by atoms with van der Waals surface area (Å²) in [6.45, 7) is 11.2. The number of rotatable bonds is 8. The molecular weight excluding hydrogens is 354 g/mol. The van der Waals surface area contributed by atoms with Crippen LogP contribution in [-0.2, 0) is 21.5 Å². The number of carbonyl (C=O) groups is 1. The molecule has 0 aliphatic carbocycles. The average molecular weight is 388 g/mol. The van der Waals surface area contributed by atoms with E-state index in [2.05, 4.69) is 45.7 Å². The Hall–Kier alpha value is -2.03. The minimum absolute atomic E-state index is 0.00670. The normalized spacial score (nSPS) is 17.9. The standard InChI is InChI=1S/C23H33NO4/c1-6-7-8-9-11-28-21-14-19(23(3,4)5)17(2)13-18(21)15-24-10-12-27-16-20(24)22(25)26/h1,13-14,20H,7-12,15-16H2,2-5H3,(H,25,26)/t20-/m0/s1. The molecule has 0 bridgehead atoms. The van der Waals surface area contributed by atoms with Crippen LogP contribution in [0, 0.1) is 19.3 Å². The SMILES string of the molecule is C#CCCCCOc1cc(C(C)(C)C)c(C)cc1CN1CCOC[C@H]1C(=O)O. The van der Waals surface area contributed by atoms with Gasteiger partial charge in [-0.3, -0.25) is 9.69 Å². The van der Waals surface area contributed by atoms with Gasteiger partial charge in [0.05, 0.1) is 19.8 Å². The van der Waals surface area contributed by atoms with Gasteiger partial charge in [0.25, 0.3) is 0 Å². The third-order valence-electron chi connectivity index (χ3n) is 5.09. The van der Waals surface area contributed by atoms with Gasteiger partial charge < -0.3 is 14.6 Å². The van der Waals surface area contributed by atoms with Crippen LogP contribution in [0.15, 0.2) is 12.1 Å². The molecule has 1 saturated heterocycles. The fourth-order valence-corrected chi connectivity index (χ4v) is 3.60. The highest BCUT2D eigenvalue weighted by atomic mass is 16.5. The van der Waals surface area contributed by atoms with Gasteiger partial charge in [-0.1, -0.05) is 26.8 Å². The van der Waals surface area contributed by atoms with Crippen molar-refractivity contribution in [1.82, 2.24) is 4.90 Å². The highest BCUT2D eigenvalue weighted by molar-refractivity contribution is 5.73. The van der Waals surface area contributed by atoms with Crippen LogP contribution in [0.4, 0.5) is 0 Å². The van der Waals surface area contributed by atoms with Gasteiger partial charge in [0, 0.05) is 25.1 Å². The average Bonchev–Trinajstić information content (AvgIpc) is 2.62. The molecule has 1 N–H and O–H groups in total. The highest BCUT2D eigenvalue weighted by Gasteiger charge is 2.30. The third kappa shape index (κ3) is 5.98. The number of morpholine rings is 1. The maximum absolute atomic E-state index is 11.6. The lowest BCUT2D eigenvalue weighted by Crippen LogP contribution is -2.49. The zero-order valence-electron chi connectivity index (χ0n) is 17.6. The van der Waals surface area contributed by atoms with Crippen LogP contribution in [-0.4, -0.2) is 48.4 Å². The third-order valence-corrected chi connectivity index (χ3v) is 5.09. The minimum Gasteiger partial charge on any atom is -0.493 e. The van der Waals surface area contributed by atoms with Gasteiger partial charge >= 0.3 is 5.97 Å². The van der Waals surface area contributed by atoms with E-state index in [0.29, 0.717) is 26.3 Å². The Balaban J connectivity index is 2.26. The summed E-state index contributed by atoms with van der Waals surface area (Å²) in [5.74, 6) is 2.65. The molecule has 1 aromatic carbocycles. The first kappa shape index (κ1) is 22.3. The lowest BCUT2D eigenvalue weighted by atomic mass is 9.83. The number of aliphatic carboxylic acids is 1. The predicted octanol–water partition coefficient (Wildman–Crippen LogP) is 3.76. The molecule has 1 fully saturated rings. The Bertz CT molecular complexity index is 715. The van der Waals surface area contributed by atoms with Gasteiger partial charge in [-0.15, -0.1) is 12.3 Å². The van der Waals surface area contributed by atoms with Crippen LogP contribution < -0.4 is 4.74 Å². The Morgan fingerprint density at radius 1 is 1.39 bits per heavy atom. The first-order valence-corrected chi connectivity index (χ1v) is 9.99. The molecule has 1 aliphatic heterocycles. The number of hydrogen-bond acceptors (Lipinski definition) is 4. The number of carboxylic acids is 1. The summed E-state index contributed by atoms with van der Waals surface area (Å²) in [7, 11) is 0. The monoisotopic (exact) mass is 387 g/mol. The first-order chi connectivity index (χ1) is 13.2. The van der Waals surface area contributed by atoms with Gasteiger partial charge in [0.1, 0.15) is 11.8 Å². The van der Waals surface area contributed by atoms with Gasteiger partial charge in [0.15, 0.2) is 0 Å². The van der Waals surface area contributed by atoms with E-state index in [1.807, 2.05) is 4.90 Å². The summed E-state index contributed by atoms with van der Waals surface area (Å²) >= 11 is 0. The van der Waals surface area contributed by atoms with Crippen LogP contribution in [0.25, 0.3) is 0 Å². The number of terminal acetylenes is 1. The van der Waals surface area contributed by atoms with Crippen LogP contribution in [0.5, 0.6) is 5.75 Å². The number of nitrogens with zero attached hydrogens (tertiary/aromatic N) is 1. The number of carboxylic acid groups (broad SMARTS) is 1. The van der Waals surface area contributed by atoms with Crippen LogP contribution in [0.1, 0.15) is 56.7 Å². The molecule has 1 aliphatic rings. The second-order valence-corrected chi connectivity index (χ2v) is 8.43. The summed E-state index contributed by atoms with van der Waals surface area (Å²) in [5, 5.41) is 9.52. The largest absolute Gasteiger partial charge is 0.493 e. The summed E-state index contributed by atoms with van der Waals surface area (Å²) in [6, 6.07) is 3.65. The maximum Gasteiger partial charge on any atom is 0.323 e. The molecule has 28 heavy (non-hydrogen) atoms. The molecular formula is C23H33NO4. The maximum atomic E-state index is 11.6. The highest BCUT2D eigenvalue weighted by Crippen LogP contribution is 2.33. The first-order valence-electron chi connectivity index (χ1n) is 9.99. The molecule has 5 heteroatoms. The van der Waals surface area contributed by atoms with E-state index in [1.54, 1.807) is 0 Å². The smallest absolute Gasteiger partial charge is 0.323 e. The molecule has 1 aromatic rings. The van der Waals surface area contributed by atoms with E-state index >= 15 is 0 Å². The van der Waals surface area contributed by atoms with Gasteiger partial charge in [0.2, 0.25) is 0 Å². The number of unbranched alkanes of at least 4 members (excludes halogenated alkanes) is 2. The van der Waals surface area contributed by atoms with Gasteiger partial charge in [-0.25, -0.2) is 0 Å². The molecule has 0 spiro atoms. The quantitative estimate of drug-likeness (QED) is 0.544. The molecule has 0 aromatic heterocycles. The van der Waals surface area contributed by atoms with E-state index in [1.165, 1.54) is 11.1 Å². The zero-order valence-corrected chi connectivity index (χ0v) is 17.6. The molecule has 5 nitrogen and oxygen atoms in total. The van der Waals surface area contributed by atoms with Crippen LogP contribution >= 0.6 is 0 Å². The molecule has 1 atom stereocenters. The van der Waals surface area contributed by atoms with Crippen molar-refractivity contribution in [3.63, 3.8) is 0 Å². The lowest BCUT2D eigenvalue weighted by molar-refractivity contribution is -0.150. The fraction of sp³-hybridized carbons (Fsp3) is 0.609. The number of ether oxygens (including phenoxy) is 2. The number of aryl methyl sites for hydroxylation is 1. The Labute approximate surface area is 169 Å². The summed E-state index contributed by atoms with van der Waals surface area (Å²) in [6.07, 6.45) is 7.91. The molecule has 2 rings (SSSR count). The van der Waals surface area contributed by atoms with Gasteiger partial charge in [-0.05, 0) is 42.4 Å². The molecule has 0 unspecified atom stereocenters. The van der Waals surface area contributed by atoms with Crippen molar-refractivity contribution in [3.05, 3.63) is 28.8 Å². The van der Waals surface area contributed by atoms with Crippen molar-refractivity contribution in [1.29, 1.82) is 0 Å². The van der Waals surface area contributed by atoms with Gasteiger partial charge in [-0.2, -0.15) is 0 Å². The van der Waals surface area contributed by atoms with Crippen molar-refractivity contribution in [2.45, 2.75) is 65.0 Å². The van der Waals surface area contributed by atoms with E-state index in [4.69, 9.17) is 15.9 Å². The lowest BCUT2D eigenvalue weighted by Gasteiger charge is -2.33. The van der Waals surface area contributed by atoms with E-state index in [0.717, 1.165) is 30.6 Å². The minimum atomic E-state index is -0.848. The van der Waals surface area contributed by atoms with E-state index in [9.17, 15) is 9.90 Å². The Morgan fingerprint density at radius 2 is 2.14 bits per heavy atom. The molecule has 154 valence electrons. The van der Waals surface area contributed by atoms with Crippen molar-refractivity contribution in [3.8, 4) is 18.1 Å². The van der Waals surface area contributed by atoms with E-state index < -0.39 is 12.0 Å². The predicted molar refractivity (Wildman–Crippen MR) is 111 cm³/mol. The second kappa shape index (κ2) is 9.95. The Kier molecular flexibility index (Phi) is 7.91. The summed E-state index contributed by atoms with van der Waals surface area (Å²) in [4.78, 5) is 13.6. The fourth-order valence-electron chi connectivity index (χ4n) is 3.60. The van der Waals surface area contributed by atoms with Crippen molar-refractivity contribution in [2.75, 3.05) is 26.4 Å². The second-order valence-electron chi connectivity index (χ2n) is 8.43. The molecule has 1 heterocycles. The van der Waals surface area contributed by atoms with Crippen molar-refractivity contribution < 1.29 is 19.4 Å². The zero-order chi connectivity index (χ0) is 20.7. The molecule has 0 saturated carbocycles. The molecule has 0 amide bonds. The number of hydrogen-bond donors (Lipinski definition) is 1. The van der Waals surface area contributed by atoms with Crippen molar-refractivity contribution in [2.24, 2.45) is 0 Å². The van der Waals surface area contributed by atoms with Crippen LogP contribution in [0.2, 0.25) is 0 Å². The number of benzene rings is 1.